The maximum absolute atomic E-state index is 13.0. The van der Waals surface area contributed by atoms with Crippen molar-refractivity contribution in [1.29, 1.82) is 0 Å². The van der Waals surface area contributed by atoms with Crippen molar-refractivity contribution in [1.82, 2.24) is 0 Å². The Morgan fingerprint density at radius 1 is 1.11 bits per heavy atom. The summed E-state index contributed by atoms with van der Waals surface area (Å²) in [4.78, 5) is 1.23. The van der Waals surface area contributed by atoms with Crippen molar-refractivity contribution in [3.8, 4) is 0 Å². The van der Waals surface area contributed by atoms with Gasteiger partial charge in [-0.15, -0.1) is 11.8 Å². The molecule has 0 radical (unpaired) electrons. The smallest absolute Gasteiger partial charge is 0.125 e. The second-order valence-electron chi connectivity index (χ2n) is 3.71. The lowest BCUT2D eigenvalue weighted by Gasteiger charge is -2.08. The molecule has 0 fully saturated rings. The van der Waals surface area contributed by atoms with Crippen molar-refractivity contribution < 1.29 is 4.39 Å². The first-order valence-electron chi connectivity index (χ1n) is 5.62. The van der Waals surface area contributed by atoms with Crippen molar-refractivity contribution in [2.24, 2.45) is 0 Å². The number of halogens is 2. The van der Waals surface area contributed by atoms with Gasteiger partial charge in [-0.3, -0.25) is 0 Å². The molecule has 0 saturated carbocycles. The molecule has 1 nitrogen and oxygen atoms in total. The maximum atomic E-state index is 13.0. The topological polar surface area (TPSA) is 12.0 Å². The highest BCUT2D eigenvalue weighted by Crippen LogP contribution is 2.23. The molecule has 0 aliphatic carbocycles. The lowest BCUT2D eigenvalue weighted by atomic mass is 10.3. The van der Waals surface area contributed by atoms with Crippen LogP contribution in [0, 0.1) is 5.82 Å². The van der Waals surface area contributed by atoms with Gasteiger partial charge in [-0.25, -0.2) is 4.39 Å². The van der Waals surface area contributed by atoms with Crippen LogP contribution >= 0.6 is 23.4 Å². The first-order chi connectivity index (χ1) is 8.75. The van der Waals surface area contributed by atoms with Crippen LogP contribution in [-0.4, -0.2) is 12.3 Å². The summed E-state index contributed by atoms with van der Waals surface area (Å²) in [7, 11) is 0. The summed E-state index contributed by atoms with van der Waals surface area (Å²) < 4.78 is 13.0. The van der Waals surface area contributed by atoms with Gasteiger partial charge >= 0.3 is 0 Å². The van der Waals surface area contributed by atoms with E-state index in [1.807, 2.05) is 18.2 Å². The summed E-state index contributed by atoms with van der Waals surface area (Å²) in [5.74, 6) is 0.620. The zero-order valence-corrected chi connectivity index (χ0v) is 11.3. The third-order valence-electron chi connectivity index (χ3n) is 2.36. The summed E-state index contributed by atoms with van der Waals surface area (Å²) in [5, 5.41) is 3.67. The van der Waals surface area contributed by atoms with Crippen LogP contribution in [-0.2, 0) is 0 Å². The van der Waals surface area contributed by atoms with Gasteiger partial charge in [-0.1, -0.05) is 29.8 Å². The van der Waals surface area contributed by atoms with Gasteiger partial charge in [0.15, 0.2) is 0 Å². The molecular formula is C14H13ClFNS. The number of nitrogens with one attached hydrogen (secondary N) is 1. The Kier molecular flexibility index (Phi) is 4.90. The monoisotopic (exact) mass is 281 g/mol. The van der Waals surface area contributed by atoms with Gasteiger partial charge in [0, 0.05) is 17.2 Å². The second-order valence-corrected chi connectivity index (χ2v) is 5.29. The number of hydrogen-bond acceptors (Lipinski definition) is 2. The number of benzene rings is 2. The van der Waals surface area contributed by atoms with Crippen molar-refractivity contribution >= 4 is 29.1 Å². The first kappa shape index (κ1) is 13.2. The van der Waals surface area contributed by atoms with Gasteiger partial charge in [0.2, 0.25) is 0 Å². The highest BCUT2D eigenvalue weighted by Gasteiger charge is 2.01. The molecular weight excluding hydrogens is 269 g/mol. The maximum Gasteiger partial charge on any atom is 0.125 e. The van der Waals surface area contributed by atoms with Gasteiger partial charge < -0.3 is 5.32 Å². The van der Waals surface area contributed by atoms with Crippen molar-refractivity contribution in [3.05, 3.63) is 59.4 Å². The highest BCUT2D eigenvalue weighted by atomic mass is 35.5. The minimum atomic E-state index is -0.280. The summed E-state index contributed by atoms with van der Waals surface area (Å²) in [5.41, 5.74) is 0.644. The van der Waals surface area contributed by atoms with Crippen molar-refractivity contribution in [2.45, 2.75) is 4.90 Å². The molecule has 2 aromatic carbocycles. The Hall–Kier alpha value is -1.19. The third kappa shape index (κ3) is 3.93. The van der Waals surface area contributed by atoms with Crippen molar-refractivity contribution in [3.63, 3.8) is 0 Å². The van der Waals surface area contributed by atoms with Crippen LogP contribution in [0.2, 0.25) is 5.02 Å². The predicted molar refractivity (Wildman–Crippen MR) is 77.1 cm³/mol. The zero-order chi connectivity index (χ0) is 12.8. The van der Waals surface area contributed by atoms with Gasteiger partial charge in [0.1, 0.15) is 5.82 Å². The van der Waals surface area contributed by atoms with E-state index in [0.29, 0.717) is 10.7 Å². The van der Waals surface area contributed by atoms with Crippen LogP contribution in [0.1, 0.15) is 0 Å². The molecule has 0 spiro atoms. The Labute approximate surface area is 115 Å². The van der Waals surface area contributed by atoms with E-state index in [0.717, 1.165) is 12.3 Å². The third-order valence-corrected chi connectivity index (χ3v) is 3.70. The highest BCUT2D eigenvalue weighted by molar-refractivity contribution is 7.99. The van der Waals surface area contributed by atoms with E-state index in [2.05, 4.69) is 17.4 Å². The van der Waals surface area contributed by atoms with Crippen LogP contribution in [0.25, 0.3) is 0 Å². The van der Waals surface area contributed by atoms with E-state index in [1.54, 1.807) is 17.8 Å². The van der Waals surface area contributed by atoms with E-state index in [9.17, 15) is 4.39 Å². The minimum Gasteiger partial charge on any atom is -0.383 e. The quantitative estimate of drug-likeness (QED) is 0.631. The van der Waals surface area contributed by atoms with E-state index in [4.69, 9.17) is 11.6 Å². The fourth-order valence-electron chi connectivity index (χ4n) is 1.50. The molecule has 0 atom stereocenters. The summed E-state index contributed by atoms with van der Waals surface area (Å²) in [6.07, 6.45) is 0. The van der Waals surface area contributed by atoms with E-state index >= 15 is 0 Å². The second kappa shape index (κ2) is 6.66. The zero-order valence-electron chi connectivity index (χ0n) is 9.70. The van der Waals surface area contributed by atoms with E-state index in [-0.39, 0.29) is 5.82 Å². The Balaban J connectivity index is 1.80. The fraction of sp³-hybridized carbons (Fsp3) is 0.143. The normalized spacial score (nSPS) is 10.3. The average Bonchev–Trinajstić information content (AvgIpc) is 2.40. The number of rotatable bonds is 5. The van der Waals surface area contributed by atoms with Crippen LogP contribution in [0.15, 0.2) is 53.4 Å². The molecule has 0 saturated heterocycles. The molecule has 2 rings (SSSR count). The van der Waals surface area contributed by atoms with Crippen LogP contribution < -0.4 is 5.32 Å². The van der Waals surface area contributed by atoms with Crippen LogP contribution in [0.5, 0.6) is 0 Å². The SMILES string of the molecule is Fc1ccc(Cl)c(NCCSc2ccccc2)c1. The summed E-state index contributed by atoms with van der Waals surface area (Å²) >= 11 is 7.71. The average molecular weight is 282 g/mol. The van der Waals surface area contributed by atoms with Crippen molar-refractivity contribution in [2.75, 3.05) is 17.6 Å². The molecule has 0 amide bonds. The minimum absolute atomic E-state index is 0.280. The van der Waals surface area contributed by atoms with Crippen LogP contribution in [0.4, 0.5) is 10.1 Å². The lowest BCUT2D eigenvalue weighted by Crippen LogP contribution is -2.04. The van der Waals surface area contributed by atoms with Crippen LogP contribution in [0.3, 0.4) is 0 Å². The molecule has 2 aromatic rings. The molecule has 0 aliphatic heterocycles. The van der Waals surface area contributed by atoms with Gasteiger partial charge in [0.05, 0.1) is 10.7 Å². The number of hydrogen-bond donors (Lipinski definition) is 1. The molecule has 4 heteroatoms. The number of anilines is 1. The van der Waals surface area contributed by atoms with Gasteiger partial charge in [-0.05, 0) is 30.3 Å². The molecule has 0 heterocycles. The lowest BCUT2D eigenvalue weighted by molar-refractivity contribution is 0.628. The fourth-order valence-corrected chi connectivity index (χ4v) is 2.48. The molecule has 0 bridgehead atoms. The number of thioether (sulfide) groups is 1. The molecule has 0 unspecified atom stereocenters. The van der Waals surface area contributed by atoms with Gasteiger partial charge in [0.25, 0.3) is 0 Å². The summed E-state index contributed by atoms with van der Waals surface area (Å²) in [6, 6.07) is 14.5. The first-order valence-corrected chi connectivity index (χ1v) is 6.99. The molecule has 0 aliphatic rings. The largest absolute Gasteiger partial charge is 0.383 e. The molecule has 1 N–H and O–H groups in total. The molecule has 94 valence electrons. The Morgan fingerprint density at radius 2 is 1.89 bits per heavy atom. The molecule has 0 aromatic heterocycles. The Bertz CT molecular complexity index is 504. The van der Waals surface area contributed by atoms with Gasteiger partial charge in [-0.2, -0.15) is 0 Å². The predicted octanol–water partition coefficient (Wildman–Crippen LogP) is 4.68. The van der Waals surface area contributed by atoms with E-state index in [1.165, 1.54) is 17.0 Å². The standard InChI is InChI=1S/C14H13ClFNS/c15-13-7-6-11(16)10-14(13)17-8-9-18-12-4-2-1-3-5-12/h1-7,10,17H,8-9H2. The molecule has 18 heavy (non-hydrogen) atoms. The Morgan fingerprint density at radius 3 is 2.67 bits per heavy atom. The van der Waals surface area contributed by atoms with E-state index < -0.39 is 0 Å². The summed E-state index contributed by atoms with van der Waals surface area (Å²) in [6.45, 7) is 0.739.